The predicted octanol–water partition coefficient (Wildman–Crippen LogP) is 12.6. The number of benzene rings is 6. The van der Waals surface area contributed by atoms with Gasteiger partial charge in [-0.1, -0.05) is 125 Å². The Morgan fingerprint density at radius 1 is 0.474 bits per heavy atom. The maximum absolute atomic E-state index is 5.17. The molecule has 0 bridgehead atoms. The maximum atomic E-state index is 5.17. The maximum Gasteiger partial charge on any atom is 0.165 e. The molecule has 0 atom stereocenters. The number of rotatable bonds is 4. The first kappa shape index (κ1) is 33.5. The van der Waals surface area contributed by atoms with Crippen molar-refractivity contribution in [1.29, 1.82) is 0 Å². The SMILES string of the molecule is CC1(C)CCC(C)(C)c2cc3c(cc21)c1ccc2ccccc2c1n3-c1cccc(-c2nc(-c3ccccc3)nc(-c3cnc4c(ccc5cccnc54)c3)n2)c1. The second-order valence-corrected chi connectivity index (χ2v) is 16.9. The summed E-state index contributed by atoms with van der Waals surface area (Å²) in [5.74, 6) is 1.78. The molecule has 1 aliphatic rings. The molecule has 0 spiro atoms. The summed E-state index contributed by atoms with van der Waals surface area (Å²) >= 11 is 0. The summed E-state index contributed by atoms with van der Waals surface area (Å²) in [6.07, 6.45) is 5.99. The van der Waals surface area contributed by atoms with Gasteiger partial charge in [-0.15, -0.1) is 0 Å². The van der Waals surface area contributed by atoms with Gasteiger partial charge in [0.1, 0.15) is 0 Å². The molecule has 0 amide bonds. The van der Waals surface area contributed by atoms with E-state index in [0.717, 1.165) is 50.6 Å². The summed E-state index contributed by atoms with van der Waals surface area (Å²) < 4.78 is 2.47. The standard InChI is InChI=1S/C51H40N6/c1-50(2)23-24-51(3,4)42-29-43-40(28-41(42)50)39-22-21-31-12-8-9-18-38(31)46(39)57(43)37-17-10-15-35(27-37)48-54-47(33-13-6-5-7-14-33)55-49(56-48)36-26-34-20-19-32-16-11-25-52-44(32)45(34)53-30-36/h5-22,25-30H,23-24H2,1-4H3. The molecule has 57 heavy (non-hydrogen) atoms. The zero-order chi connectivity index (χ0) is 38.5. The zero-order valence-electron chi connectivity index (χ0n) is 32.5. The summed E-state index contributed by atoms with van der Waals surface area (Å²) in [4.78, 5) is 24.9. The van der Waals surface area contributed by atoms with E-state index in [1.54, 1.807) is 0 Å². The van der Waals surface area contributed by atoms with E-state index in [1.165, 1.54) is 50.1 Å². The van der Waals surface area contributed by atoms with Crippen molar-refractivity contribution >= 4 is 54.4 Å². The third-order valence-corrected chi connectivity index (χ3v) is 12.3. The van der Waals surface area contributed by atoms with Crippen LogP contribution in [0.2, 0.25) is 0 Å². The number of pyridine rings is 2. The predicted molar refractivity (Wildman–Crippen MR) is 234 cm³/mol. The van der Waals surface area contributed by atoms with E-state index in [1.807, 2.05) is 48.8 Å². The van der Waals surface area contributed by atoms with E-state index < -0.39 is 0 Å². The lowest BCUT2D eigenvalue weighted by Gasteiger charge is -2.42. The number of nitrogens with zero attached hydrogens (tertiary/aromatic N) is 6. The molecular weight excluding hydrogens is 697 g/mol. The lowest BCUT2D eigenvalue weighted by Crippen LogP contribution is -2.33. The van der Waals surface area contributed by atoms with Crippen molar-refractivity contribution < 1.29 is 0 Å². The molecule has 0 saturated carbocycles. The molecule has 1 aliphatic carbocycles. The molecule has 274 valence electrons. The van der Waals surface area contributed by atoms with Crippen LogP contribution in [0.4, 0.5) is 0 Å². The highest BCUT2D eigenvalue weighted by Gasteiger charge is 2.38. The van der Waals surface area contributed by atoms with Crippen LogP contribution in [0.5, 0.6) is 0 Å². The van der Waals surface area contributed by atoms with Gasteiger partial charge in [0.2, 0.25) is 0 Å². The van der Waals surface area contributed by atoms with Crippen molar-refractivity contribution in [2.45, 2.75) is 51.4 Å². The van der Waals surface area contributed by atoms with Crippen LogP contribution in [-0.4, -0.2) is 29.5 Å². The topological polar surface area (TPSA) is 69.4 Å². The number of hydrogen-bond acceptors (Lipinski definition) is 5. The molecule has 0 saturated heterocycles. The summed E-state index contributed by atoms with van der Waals surface area (Å²) in [6.45, 7) is 9.63. The summed E-state index contributed by atoms with van der Waals surface area (Å²) in [5.41, 5.74) is 11.0. The van der Waals surface area contributed by atoms with Gasteiger partial charge in [0.25, 0.3) is 0 Å². The van der Waals surface area contributed by atoms with Gasteiger partial charge in [-0.3, -0.25) is 9.97 Å². The molecule has 6 nitrogen and oxygen atoms in total. The summed E-state index contributed by atoms with van der Waals surface area (Å²) in [5, 5.41) is 7.04. The molecule has 10 aromatic rings. The Balaban J connectivity index is 1.14. The van der Waals surface area contributed by atoms with E-state index in [-0.39, 0.29) is 10.8 Å². The Morgan fingerprint density at radius 3 is 1.95 bits per heavy atom. The van der Waals surface area contributed by atoms with Gasteiger partial charge in [-0.2, -0.15) is 0 Å². The molecular formula is C51H40N6. The Morgan fingerprint density at radius 2 is 1.12 bits per heavy atom. The van der Waals surface area contributed by atoms with Gasteiger partial charge in [0.05, 0.1) is 22.1 Å². The third kappa shape index (κ3) is 5.35. The average Bonchev–Trinajstić information content (AvgIpc) is 3.59. The first-order valence-corrected chi connectivity index (χ1v) is 19.8. The van der Waals surface area contributed by atoms with Gasteiger partial charge in [0, 0.05) is 61.7 Å². The van der Waals surface area contributed by atoms with E-state index in [2.05, 4.69) is 134 Å². The number of fused-ring (bicyclic) bond motifs is 9. The molecule has 0 fully saturated rings. The van der Waals surface area contributed by atoms with E-state index in [9.17, 15) is 0 Å². The lowest BCUT2D eigenvalue weighted by atomic mass is 9.63. The average molecular weight is 737 g/mol. The van der Waals surface area contributed by atoms with Crippen LogP contribution in [0.1, 0.15) is 51.7 Å². The van der Waals surface area contributed by atoms with Gasteiger partial charge in [-0.25, -0.2) is 15.0 Å². The van der Waals surface area contributed by atoms with Crippen molar-refractivity contribution in [3.63, 3.8) is 0 Å². The Kier molecular flexibility index (Phi) is 7.27. The minimum Gasteiger partial charge on any atom is -0.309 e. The molecule has 4 heterocycles. The quantitative estimate of drug-likeness (QED) is 0.168. The van der Waals surface area contributed by atoms with Crippen LogP contribution in [0.25, 0.3) is 94.2 Å². The fourth-order valence-electron chi connectivity index (χ4n) is 9.10. The molecule has 0 unspecified atom stereocenters. The summed E-state index contributed by atoms with van der Waals surface area (Å²) in [7, 11) is 0. The van der Waals surface area contributed by atoms with E-state index in [4.69, 9.17) is 19.9 Å². The van der Waals surface area contributed by atoms with E-state index in [0.29, 0.717) is 17.5 Å². The van der Waals surface area contributed by atoms with Gasteiger partial charge >= 0.3 is 0 Å². The molecule has 11 rings (SSSR count). The van der Waals surface area contributed by atoms with Crippen LogP contribution >= 0.6 is 0 Å². The molecule has 6 aromatic carbocycles. The van der Waals surface area contributed by atoms with Gasteiger partial charge in [-0.05, 0) is 76.6 Å². The van der Waals surface area contributed by atoms with Crippen molar-refractivity contribution in [2.75, 3.05) is 0 Å². The molecule has 0 radical (unpaired) electrons. The molecule has 4 aromatic heterocycles. The fourth-order valence-corrected chi connectivity index (χ4v) is 9.10. The van der Waals surface area contributed by atoms with Gasteiger partial charge in [0.15, 0.2) is 17.5 Å². The van der Waals surface area contributed by atoms with Gasteiger partial charge < -0.3 is 4.57 Å². The summed E-state index contributed by atoms with van der Waals surface area (Å²) in [6, 6.07) is 47.4. The van der Waals surface area contributed by atoms with Crippen LogP contribution in [0.15, 0.2) is 146 Å². The lowest BCUT2D eigenvalue weighted by molar-refractivity contribution is 0.332. The second kappa shape index (κ2) is 12.4. The Bertz CT molecular complexity index is 3250. The number of aromatic nitrogens is 6. The van der Waals surface area contributed by atoms with E-state index >= 15 is 0 Å². The van der Waals surface area contributed by atoms with Crippen LogP contribution < -0.4 is 0 Å². The second-order valence-electron chi connectivity index (χ2n) is 16.9. The molecule has 0 N–H and O–H groups in total. The largest absolute Gasteiger partial charge is 0.309 e. The first-order chi connectivity index (χ1) is 27.7. The van der Waals surface area contributed by atoms with Crippen LogP contribution in [-0.2, 0) is 10.8 Å². The highest BCUT2D eigenvalue weighted by molar-refractivity contribution is 6.19. The van der Waals surface area contributed by atoms with Crippen LogP contribution in [0.3, 0.4) is 0 Å². The Hall–Kier alpha value is -6.79. The van der Waals surface area contributed by atoms with Crippen molar-refractivity contribution in [3.8, 4) is 39.9 Å². The molecule has 0 aliphatic heterocycles. The highest BCUT2D eigenvalue weighted by Crippen LogP contribution is 2.49. The van der Waals surface area contributed by atoms with Crippen molar-refractivity contribution in [3.05, 3.63) is 157 Å². The fraction of sp³-hybridized carbons (Fsp3) is 0.157. The van der Waals surface area contributed by atoms with Crippen molar-refractivity contribution in [1.82, 2.24) is 29.5 Å². The van der Waals surface area contributed by atoms with Crippen molar-refractivity contribution in [2.24, 2.45) is 0 Å². The zero-order valence-corrected chi connectivity index (χ0v) is 32.5. The Labute approximate surface area is 330 Å². The normalized spacial score (nSPS) is 14.8. The highest BCUT2D eigenvalue weighted by atomic mass is 15.0. The molecule has 6 heteroatoms. The first-order valence-electron chi connectivity index (χ1n) is 19.8. The van der Waals surface area contributed by atoms with Crippen LogP contribution in [0, 0.1) is 0 Å². The number of hydrogen-bond donors (Lipinski definition) is 0. The minimum atomic E-state index is 0.0700. The minimum absolute atomic E-state index is 0.0700. The third-order valence-electron chi connectivity index (χ3n) is 12.3. The smallest absolute Gasteiger partial charge is 0.165 e. The monoisotopic (exact) mass is 736 g/mol.